The fraction of sp³-hybridized carbons (Fsp3) is 0.167. The van der Waals surface area contributed by atoms with Gasteiger partial charge >= 0.3 is 0 Å². The first-order valence-corrected chi connectivity index (χ1v) is 9.71. The minimum atomic E-state index is -0.295. The zero-order chi connectivity index (χ0) is 20.0. The number of benzene rings is 1. The molecule has 0 bridgehead atoms. The van der Waals surface area contributed by atoms with Crippen LogP contribution in [0, 0.1) is 6.92 Å². The van der Waals surface area contributed by atoms with Gasteiger partial charge in [0.25, 0.3) is 5.69 Å². The van der Waals surface area contributed by atoms with Gasteiger partial charge in [-0.3, -0.25) is 0 Å². The lowest BCUT2D eigenvalue weighted by Gasteiger charge is -2.10. The van der Waals surface area contributed by atoms with Crippen LogP contribution in [0.3, 0.4) is 0 Å². The molecular weight excluding hydrogens is 360 g/mol. The normalized spacial score (nSPS) is 16.9. The number of anilines is 1. The van der Waals surface area contributed by atoms with Gasteiger partial charge in [0.1, 0.15) is 18.6 Å². The Morgan fingerprint density at radius 3 is 2.62 bits per heavy atom. The molecule has 5 heteroatoms. The van der Waals surface area contributed by atoms with Crippen LogP contribution < -0.4 is 9.88 Å². The van der Waals surface area contributed by atoms with Crippen LogP contribution in [0.5, 0.6) is 0 Å². The van der Waals surface area contributed by atoms with Gasteiger partial charge in [0.05, 0.1) is 5.52 Å². The lowest BCUT2D eigenvalue weighted by Crippen LogP contribution is -2.37. The Morgan fingerprint density at radius 1 is 1.03 bits per heavy atom. The summed E-state index contributed by atoms with van der Waals surface area (Å²) in [7, 11) is 3.74. The van der Waals surface area contributed by atoms with E-state index in [1.54, 1.807) is 7.11 Å². The number of aryl methyl sites for hydroxylation is 2. The molecule has 0 aliphatic carbocycles. The minimum Gasteiger partial charge on any atom is -0.356 e. The molecule has 3 aromatic heterocycles. The minimum absolute atomic E-state index is 0.295. The number of hydrogen-bond acceptors (Lipinski definition) is 3. The zero-order valence-electron chi connectivity index (χ0n) is 16.8. The molecule has 144 valence electrons. The Labute approximate surface area is 169 Å². The molecule has 1 atom stereocenters. The van der Waals surface area contributed by atoms with Gasteiger partial charge in [-0.25, -0.2) is 4.99 Å². The highest BCUT2D eigenvalue weighted by Crippen LogP contribution is 2.39. The lowest BCUT2D eigenvalue weighted by molar-refractivity contribution is -0.671. The largest absolute Gasteiger partial charge is 0.356 e. The SMILES string of the molecule is COC1Nc2ccc[n+](C)c2C1=Nc1c(-c2ccccc2)c(C)c2ccccn12. The molecular formula is C24H23N4O+. The van der Waals surface area contributed by atoms with Crippen LogP contribution in [0.4, 0.5) is 11.5 Å². The van der Waals surface area contributed by atoms with Gasteiger partial charge in [-0.15, -0.1) is 0 Å². The summed E-state index contributed by atoms with van der Waals surface area (Å²) in [5, 5.41) is 3.43. The monoisotopic (exact) mass is 383 g/mol. The molecule has 29 heavy (non-hydrogen) atoms. The van der Waals surface area contributed by atoms with Gasteiger partial charge in [0.2, 0.25) is 0 Å². The predicted molar refractivity (Wildman–Crippen MR) is 116 cm³/mol. The van der Waals surface area contributed by atoms with Gasteiger partial charge in [0.15, 0.2) is 18.1 Å². The Hall–Kier alpha value is -3.44. The van der Waals surface area contributed by atoms with Crippen molar-refractivity contribution in [3.05, 3.63) is 84.3 Å². The molecule has 1 aliphatic heterocycles. The topological polar surface area (TPSA) is 41.9 Å². The van der Waals surface area contributed by atoms with Crippen molar-refractivity contribution >= 4 is 22.7 Å². The quantitative estimate of drug-likeness (QED) is 0.537. The van der Waals surface area contributed by atoms with Crippen molar-refractivity contribution in [2.75, 3.05) is 12.4 Å². The third-order valence-electron chi connectivity index (χ3n) is 5.55. The van der Waals surface area contributed by atoms with Gasteiger partial charge in [-0.05, 0) is 36.2 Å². The zero-order valence-corrected chi connectivity index (χ0v) is 16.8. The first kappa shape index (κ1) is 17.6. The Morgan fingerprint density at radius 2 is 1.83 bits per heavy atom. The molecule has 0 amide bonds. The van der Waals surface area contributed by atoms with Crippen LogP contribution in [0.2, 0.25) is 0 Å². The summed E-state index contributed by atoms with van der Waals surface area (Å²) in [5.41, 5.74) is 7.63. The number of methoxy groups -OCH3 is 1. The maximum absolute atomic E-state index is 5.73. The standard InChI is InChI=1S/C24H23N4O/c1-16-19-13-7-8-15-28(19)23(20(16)17-10-5-4-6-11-17)26-21-22-18(25-24(21)29-3)12-9-14-27(22)2/h4-15,24-25H,1-3H3/q+1. The van der Waals surface area contributed by atoms with Crippen molar-refractivity contribution in [2.24, 2.45) is 12.0 Å². The first-order chi connectivity index (χ1) is 14.2. The van der Waals surface area contributed by atoms with Crippen LogP contribution in [0.1, 0.15) is 11.3 Å². The smallest absolute Gasteiger partial charge is 0.254 e. The summed E-state index contributed by atoms with van der Waals surface area (Å²) >= 11 is 0. The Kier molecular flexibility index (Phi) is 4.18. The molecule has 0 saturated carbocycles. The number of ether oxygens (including phenoxy) is 1. The average Bonchev–Trinajstić information content (AvgIpc) is 3.25. The summed E-state index contributed by atoms with van der Waals surface area (Å²) < 4.78 is 9.99. The Bertz CT molecular complexity index is 1240. The highest BCUT2D eigenvalue weighted by molar-refractivity contribution is 6.12. The van der Waals surface area contributed by atoms with E-state index >= 15 is 0 Å². The van der Waals surface area contributed by atoms with Crippen LogP contribution in [0.15, 0.2) is 78.0 Å². The number of nitrogens with one attached hydrogen (secondary N) is 1. The van der Waals surface area contributed by atoms with Crippen molar-refractivity contribution in [3.8, 4) is 11.1 Å². The van der Waals surface area contributed by atoms with Gasteiger partial charge < -0.3 is 14.5 Å². The van der Waals surface area contributed by atoms with E-state index in [-0.39, 0.29) is 6.23 Å². The Balaban J connectivity index is 1.83. The summed E-state index contributed by atoms with van der Waals surface area (Å²) in [6.07, 6.45) is 3.81. The average molecular weight is 383 g/mol. The number of aliphatic imine (C=N–C) groups is 1. The van der Waals surface area contributed by atoms with E-state index in [2.05, 4.69) is 69.9 Å². The van der Waals surface area contributed by atoms with E-state index in [1.165, 1.54) is 5.56 Å². The highest BCUT2D eigenvalue weighted by Gasteiger charge is 2.36. The number of fused-ring (bicyclic) bond motifs is 2. The molecule has 0 spiro atoms. The van der Waals surface area contributed by atoms with E-state index in [9.17, 15) is 0 Å². The number of pyridine rings is 2. The summed E-state index contributed by atoms with van der Waals surface area (Å²) in [6, 6.07) is 20.8. The van der Waals surface area contributed by atoms with E-state index < -0.39 is 0 Å². The van der Waals surface area contributed by atoms with E-state index in [0.717, 1.165) is 39.6 Å². The predicted octanol–water partition coefficient (Wildman–Crippen LogP) is 4.26. The molecule has 1 unspecified atom stereocenters. The maximum atomic E-state index is 5.73. The van der Waals surface area contributed by atoms with Crippen LogP contribution in [-0.4, -0.2) is 23.5 Å². The second-order valence-corrected chi connectivity index (χ2v) is 7.28. The van der Waals surface area contributed by atoms with Crippen molar-refractivity contribution in [3.63, 3.8) is 0 Å². The third kappa shape index (κ3) is 2.74. The van der Waals surface area contributed by atoms with Crippen molar-refractivity contribution < 1.29 is 9.30 Å². The number of nitrogens with zero attached hydrogens (tertiary/aromatic N) is 3. The molecule has 0 saturated heterocycles. The highest BCUT2D eigenvalue weighted by atomic mass is 16.5. The molecule has 4 aromatic rings. The van der Waals surface area contributed by atoms with Crippen molar-refractivity contribution in [1.29, 1.82) is 0 Å². The molecule has 5 rings (SSSR count). The molecule has 1 aliphatic rings. The van der Waals surface area contributed by atoms with E-state index in [4.69, 9.17) is 9.73 Å². The molecule has 0 fully saturated rings. The van der Waals surface area contributed by atoms with Gasteiger partial charge in [0, 0.05) is 24.9 Å². The number of rotatable bonds is 3. The van der Waals surface area contributed by atoms with Crippen LogP contribution in [-0.2, 0) is 11.8 Å². The van der Waals surface area contributed by atoms with E-state index in [1.807, 2.05) is 31.4 Å². The van der Waals surface area contributed by atoms with Crippen LogP contribution >= 0.6 is 0 Å². The number of hydrogen-bond donors (Lipinski definition) is 1. The van der Waals surface area contributed by atoms with Crippen molar-refractivity contribution in [1.82, 2.24) is 4.40 Å². The summed E-state index contributed by atoms with van der Waals surface area (Å²) in [5.74, 6) is 0.917. The maximum Gasteiger partial charge on any atom is 0.254 e. The second-order valence-electron chi connectivity index (χ2n) is 7.28. The molecule has 4 heterocycles. The van der Waals surface area contributed by atoms with Gasteiger partial charge in [-0.2, -0.15) is 4.57 Å². The number of aromatic nitrogens is 2. The summed E-state index contributed by atoms with van der Waals surface area (Å²) in [6.45, 7) is 2.16. The third-order valence-corrected chi connectivity index (χ3v) is 5.55. The summed E-state index contributed by atoms with van der Waals surface area (Å²) in [4.78, 5) is 5.21. The lowest BCUT2D eigenvalue weighted by atomic mass is 10.0. The fourth-order valence-electron chi connectivity index (χ4n) is 4.19. The molecule has 1 aromatic carbocycles. The first-order valence-electron chi connectivity index (χ1n) is 9.71. The van der Waals surface area contributed by atoms with E-state index in [0.29, 0.717) is 0 Å². The van der Waals surface area contributed by atoms with Crippen LogP contribution in [0.25, 0.3) is 16.6 Å². The fourth-order valence-corrected chi connectivity index (χ4v) is 4.19. The molecule has 0 radical (unpaired) electrons. The van der Waals surface area contributed by atoms with Crippen molar-refractivity contribution in [2.45, 2.75) is 13.2 Å². The second kappa shape index (κ2) is 6.87. The van der Waals surface area contributed by atoms with Gasteiger partial charge in [-0.1, -0.05) is 36.4 Å². The molecule has 1 N–H and O–H groups in total. The molecule has 5 nitrogen and oxygen atoms in total.